The number of aliphatic hydroxyl groups is 1. The maximum absolute atomic E-state index is 12.9. The van der Waals surface area contributed by atoms with Crippen LogP contribution in [0.4, 0.5) is 0 Å². The quantitative estimate of drug-likeness (QED) is 0.0222. The van der Waals surface area contributed by atoms with Crippen molar-refractivity contribution in [2.45, 2.75) is 311 Å². The predicted octanol–water partition coefficient (Wildman–Crippen LogP) is 16.6. The van der Waals surface area contributed by atoms with Crippen molar-refractivity contribution >= 4 is 39.5 Å². The Morgan fingerprint density at radius 3 is 0.877 bits per heavy atom. The van der Waals surface area contributed by atoms with Crippen LogP contribution in [0.1, 0.15) is 293 Å². The Bertz CT molecular complexity index is 1630. The summed E-state index contributed by atoms with van der Waals surface area (Å²) in [6.45, 7) is 13.9. The second-order valence-corrected chi connectivity index (χ2v) is 26.8. The van der Waals surface area contributed by atoms with Crippen LogP contribution in [0, 0.1) is 23.7 Å². The van der Waals surface area contributed by atoms with Gasteiger partial charge in [-0.1, -0.05) is 242 Å². The molecule has 0 amide bonds. The summed E-state index contributed by atoms with van der Waals surface area (Å²) in [4.78, 5) is 72.1. The second-order valence-electron chi connectivity index (χ2n) is 23.9. The minimum atomic E-state index is -4.94. The van der Waals surface area contributed by atoms with Gasteiger partial charge in [-0.2, -0.15) is 0 Å². The van der Waals surface area contributed by atoms with Crippen LogP contribution in [-0.2, 0) is 65.4 Å². The first kappa shape index (κ1) is 79.1. The molecule has 0 aromatic carbocycles. The fourth-order valence-electron chi connectivity index (χ4n) is 9.01. The number of phosphoric ester groups is 2. The van der Waals surface area contributed by atoms with Crippen molar-refractivity contribution in [3.8, 4) is 0 Å². The first-order chi connectivity index (χ1) is 38.7. The Balaban J connectivity index is 5.26. The normalized spacial score (nSPS) is 15.2. The van der Waals surface area contributed by atoms with Crippen molar-refractivity contribution < 1.29 is 80.2 Å². The molecule has 17 nitrogen and oxygen atoms in total. The van der Waals surface area contributed by atoms with E-state index in [1.807, 2.05) is 0 Å². The molecule has 7 atom stereocenters. The Morgan fingerprint density at radius 1 is 0.346 bits per heavy atom. The zero-order chi connectivity index (χ0) is 60.4. The smallest absolute Gasteiger partial charge is 0.462 e. The van der Waals surface area contributed by atoms with Gasteiger partial charge in [0, 0.05) is 25.7 Å². The standard InChI is InChI=1S/C62H120O17P2/c1-9-54(7)40-32-24-15-11-12-16-28-36-44-61(66)78-57(48-72-59(64)42-34-26-17-13-14-22-30-38-52(3)4)50-76-80(68,69)74-46-56(63)47-75-81(70,71)77-51-58(49-73-60(65)43-35-27-20-18-23-31-39-53(5)6)79-62(67)45-37-29-21-19-25-33-41-55(8)10-2/h52-58,63H,9-51H2,1-8H3,(H,68,69)(H,70,71)/t54?,55?,56?,57-,58-/m1/s1. The van der Waals surface area contributed by atoms with Crippen LogP contribution in [0.3, 0.4) is 0 Å². The van der Waals surface area contributed by atoms with E-state index in [-0.39, 0.29) is 25.7 Å². The van der Waals surface area contributed by atoms with Crippen molar-refractivity contribution in [3.05, 3.63) is 0 Å². The summed E-state index contributed by atoms with van der Waals surface area (Å²) in [5, 5.41) is 10.5. The highest BCUT2D eigenvalue weighted by molar-refractivity contribution is 7.47. The molecule has 19 heteroatoms. The first-order valence-corrected chi connectivity index (χ1v) is 35.3. The summed E-state index contributed by atoms with van der Waals surface area (Å²) in [7, 11) is -9.89. The van der Waals surface area contributed by atoms with E-state index in [9.17, 15) is 43.2 Å². The summed E-state index contributed by atoms with van der Waals surface area (Å²) in [5.41, 5.74) is 0. The summed E-state index contributed by atoms with van der Waals surface area (Å²) in [6, 6.07) is 0. The molecular formula is C62H120O17P2. The number of ether oxygens (including phenoxy) is 4. The molecule has 0 bridgehead atoms. The van der Waals surface area contributed by atoms with E-state index in [0.717, 1.165) is 115 Å². The summed E-state index contributed by atoms with van der Waals surface area (Å²) in [6.07, 6.45) is 30.9. The van der Waals surface area contributed by atoms with E-state index in [2.05, 4.69) is 55.4 Å². The molecular weight excluding hydrogens is 1080 g/mol. The Kier molecular flexibility index (Phi) is 51.1. The highest BCUT2D eigenvalue weighted by atomic mass is 31.2. The van der Waals surface area contributed by atoms with Gasteiger partial charge in [0.2, 0.25) is 0 Å². The van der Waals surface area contributed by atoms with Gasteiger partial charge in [0.05, 0.1) is 26.4 Å². The number of hydrogen-bond donors (Lipinski definition) is 3. The lowest BCUT2D eigenvalue weighted by Gasteiger charge is -2.21. The Hall–Kier alpha value is -1.94. The van der Waals surface area contributed by atoms with Crippen molar-refractivity contribution in [2.24, 2.45) is 23.7 Å². The lowest BCUT2D eigenvalue weighted by atomic mass is 9.99. The summed E-state index contributed by atoms with van der Waals surface area (Å²) in [5.74, 6) is 0.727. The van der Waals surface area contributed by atoms with Crippen molar-refractivity contribution in [3.63, 3.8) is 0 Å². The van der Waals surface area contributed by atoms with Gasteiger partial charge in [0.1, 0.15) is 19.3 Å². The van der Waals surface area contributed by atoms with Gasteiger partial charge in [-0.05, 0) is 49.4 Å². The first-order valence-electron chi connectivity index (χ1n) is 32.3. The monoisotopic (exact) mass is 1200 g/mol. The molecule has 0 aromatic rings. The van der Waals surface area contributed by atoms with Crippen LogP contribution in [0.5, 0.6) is 0 Å². The van der Waals surface area contributed by atoms with E-state index in [1.165, 1.54) is 83.5 Å². The zero-order valence-corrected chi connectivity index (χ0v) is 54.2. The van der Waals surface area contributed by atoms with Gasteiger partial charge < -0.3 is 33.8 Å². The van der Waals surface area contributed by atoms with Crippen LogP contribution >= 0.6 is 15.6 Å². The van der Waals surface area contributed by atoms with Gasteiger partial charge in [0.15, 0.2) is 12.2 Å². The van der Waals surface area contributed by atoms with Gasteiger partial charge in [-0.15, -0.1) is 0 Å². The molecule has 0 saturated carbocycles. The third kappa shape index (κ3) is 54.5. The lowest BCUT2D eigenvalue weighted by Crippen LogP contribution is -2.30. The number of aliphatic hydroxyl groups excluding tert-OH is 1. The molecule has 81 heavy (non-hydrogen) atoms. The molecule has 480 valence electrons. The fourth-order valence-corrected chi connectivity index (χ4v) is 10.6. The molecule has 0 rings (SSSR count). The number of unbranched alkanes of at least 4 members (excludes halogenated alkanes) is 23. The molecule has 0 fully saturated rings. The number of rotatable bonds is 59. The average molecular weight is 1200 g/mol. The highest BCUT2D eigenvalue weighted by Crippen LogP contribution is 2.45. The van der Waals surface area contributed by atoms with Crippen LogP contribution in [0.15, 0.2) is 0 Å². The lowest BCUT2D eigenvalue weighted by molar-refractivity contribution is -0.161. The number of hydrogen-bond acceptors (Lipinski definition) is 15. The number of esters is 4. The molecule has 0 aromatic heterocycles. The van der Waals surface area contributed by atoms with Crippen molar-refractivity contribution in [1.82, 2.24) is 0 Å². The van der Waals surface area contributed by atoms with E-state index >= 15 is 0 Å². The molecule has 0 heterocycles. The number of carbonyl (C=O) groups excluding carboxylic acids is 4. The van der Waals surface area contributed by atoms with Crippen molar-refractivity contribution in [1.29, 1.82) is 0 Å². The average Bonchev–Trinajstić information content (AvgIpc) is 3.42. The van der Waals surface area contributed by atoms with Gasteiger partial charge in [-0.3, -0.25) is 37.3 Å². The fraction of sp³-hybridized carbons (Fsp3) is 0.935. The maximum atomic E-state index is 12.9. The maximum Gasteiger partial charge on any atom is 0.472 e. The Labute approximate surface area is 492 Å². The molecule has 5 unspecified atom stereocenters. The zero-order valence-electron chi connectivity index (χ0n) is 52.4. The van der Waals surface area contributed by atoms with E-state index in [1.54, 1.807) is 0 Å². The second kappa shape index (κ2) is 52.4. The van der Waals surface area contributed by atoms with E-state index < -0.39 is 97.5 Å². The molecule has 0 saturated heterocycles. The molecule has 0 radical (unpaired) electrons. The van der Waals surface area contributed by atoms with Crippen molar-refractivity contribution in [2.75, 3.05) is 39.6 Å². The largest absolute Gasteiger partial charge is 0.472 e. The summed E-state index contributed by atoms with van der Waals surface area (Å²) < 4.78 is 67.9. The highest BCUT2D eigenvalue weighted by Gasteiger charge is 2.30. The SMILES string of the molecule is CCC(C)CCCCCCCCCCC(=O)O[C@H](COC(=O)CCCCCCCCCC(C)C)COP(=O)(O)OCC(O)COP(=O)(O)OC[C@@H](COC(=O)CCCCCCCCC(C)C)OC(=O)CCCCCCCCC(C)CC. The molecule has 0 aliphatic rings. The minimum absolute atomic E-state index is 0.101. The number of carbonyl (C=O) groups is 4. The van der Waals surface area contributed by atoms with Gasteiger partial charge >= 0.3 is 39.5 Å². The molecule has 3 N–H and O–H groups in total. The third-order valence-electron chi connectivity index (χ3n) is 14.8. The molecule has 0 aliphatic carbocycles. The predicted molar refractivity (Wildman–Crippen MR) is 321 cm³/mol. The summed E-state index contributed by atoms with van der Waals surface area (Å²) >= 11 is 0. The van der Waals surface area contributed by atoms with Gasteiger partial charge in [0.25, 0.3) is 0 Å². The number of phosphoric acid groups is 2. The van der Waals surface area contributed by atoms with Crippen LogP contribution in [0.25, 0.3) is 0 Å². The third-order valence-corrected chi connectivity index (χ3v) is 16.7. The van der Waals surface area contributed by atoms with Gasteiger partial charge in [-0.25, -0.2) is 9.13 Å². The van der Waals surface area contributed by atoms with E-state index in [0.29, 0.717) is 37.5 Å². The van der Waals surface area contributed by atoms with E-state index in [4.69, 9.17) is 37.0 Å². The Morgan fingerprint density at radius 2 is 0.593 bits per heavy atom. The minimum Gasteiger partial charge on any atom is -0.462 e. The topological polar surface area (TPSA) is 237 Å². The molecule has 0 spiro atoms. The molecule has 0 aliphatic heterocycles. The van der Waals surface area contributed by atoms with Crippen LogP contribution in [-0.4, -0.2) is 96.7 Å². The van der Waals surface area contributed by atoms with Crippen LogP contribution < -0.4 is 0 Å². The van der Waals surface area contributed by atoms with Crippen LogP contribution in [0.2, 0.25) is 0 Å².